The van der Waals surface area contributed by atoms with Crippen LogP contribution in [-0.2, 0) is 27.8 Å². The molecule has 5 aromatic rings. The van der Waals surface area contributed by atoms with Crippen molar-refractivity contribution in [2.24, 2.45) is 0 Å². The molecule has 4 aromatic carbocycles. The zero-order valence-corrected chi connectivity index (χ0v) is 25.6. The Kier molecular flexibility index (Phi) is 8.01. The number of aromatic nitrogens is 2. The minimum atomic E-state index is -3.90. The summed E-state index contributed by atoms with van der Waals surface area (Å²) in [5, 5.41) is 1.03. The molecule has 0 unspecified atom stereocenters. The number of nitrogens with one attached hydrogen (secondary N) is 1. The summed E-state index contributed by atoms with van der Waals surface area (Å²) < 4.78 is 29.6. The van der Waals surface area contributed by atoms with E-state index in [9.17, 15) is 13.2 Å². The highest BCUT2D eigenvalue weighted by Gasteiger charge is 2.33. The molecule has 1 aliphatic heterocycles. The van der Waals surface area contributed by atoms with E-state index in [4.69, 9.17) is 28.2 Å². The van der Waals surface area contributed by atoms with Gasteiger partial charge < -0.3 is 4.57 Å². The van der Waals surface area contributed by atoms with E-state index in [0.29, 0.717) is 27.8 Å². The molecule has 2 heterocycles. The number of carbonyl (C=O) groups is 1. The fourth-order valence-electron chi connectivity index (χ4n) is 5.20. The molecule has 0 aliphatic carbocycles. The predicted molar refractivity (Wildman–Crippen MR) is 172 cm³/mol. The first-order valence-electron chi connectivity index (χ1n) is 13.9. The van der Waals surface area contributed by atoms with Crippen LogP contribution in [0.1, 0.15) is 30.3 Å². The average molecular weight is 632 g/mol. The number of benzene rings is 4. The van der Waals surface area contributed by atoms with Gasteiger partial charge in [-0.2, -0.15) is 8.42 Å². The third-order valence-electron chi connectivity index (χ3n) is 7.36. The van der Waals surface area contributed by atoms with Gasteiger partial charge in [0.2, 0.25) is 0 Å². The van der Waals surface area contributed by atoms with Crippen LogP contribution < -0.4 is 9.03 Å². The molecule has 1 amide bonds. The van der Waals surface area contributed by atoms with Crippen LogP contribution in [0, 0.1) is 0 Å². The summed E-state index contributed by atoms with van der Waals surface area (Å²) in [6, 6.07) is 29.4. The summed E-state index contributed by atoms with van der Waals surface area (Å²) in [7, 11) is -3.90. The second-order valence-corrected chi connectivity index (χ2v) is 12.8. The lowest BCUT2D eigenvalue weighted by atomic mass is 10.0. The Morgan fingerprint density at radius 2 is 1.47 bits per heavy atom. The van der Waals surface area contributed by atoms with Gasteiger partial charge in [0.25, 0.3) is 5.91 Å². The molecule has 1 N–H and O–H groups in total. The first-order chi connectivity index (χ1) is 20.7. The van der Waals surface area contributed by atoms with Crippen LogP contribution >= 0.6 is 23.2 Å². The number of amides is 1. The summed E-state index contributed by atoms with van der Waals surface area (Å²) in [5.74, 6) is 0.209. The number of nitrogens with zero attached hydrogens (tertiary/aromatic N) is 3. The van der Waals surface area contributed by atoms with Gasteiger partial charge in [-0.25, -0.2) is 14.0 Å². The molecule has 10 heteroatoms. The molecular weight excluding hydrogens is 603 g/mol. The maximum absolute atomic E-state index is 12.3. The van der Waals surface area contributed by atoms with Crippen LogP contribution in [0.3, 0.4) is 0 Å². The van der Waals surface area contributed by atoms with E-state index >= 15 is 0 Å². The molecule has 1 aromatic heterocycles. The summed E-state index contributed by atoms with van der Waals surface area (Å²) in [5.41, 5.74) is 7.33. The van der Waals surface area contributed by atoms with Crippen LogP contribution in [0.2, 0.25) is 10.0 Å². The molecule has 6 rings (SSSR count). The molecule has 1 aliphatic rings. The lowest BCUT2D eigenvalue weighted by Gasteiger charge is -2.15. The van der Waals surface area contributed by atoms with Crippen molar-refractivity contribution in [3.63, 3.8) is 0 Å². The monoisotopic (exact) mass is 630 g/mol. The topological polar surface area (TPSA) is 84.3 Å². The lowest BCUT2D eigenvalue weighted by Crippen LogP contribution is -2.29. The van der Waals surface area contributed by atoms with Crippen molar-refractivity contribution in [3.05, 3.63) is 124 Å². The molecule has 1 fully saturated rings. The summed E-state index contributed by atoms with van der Waals surface area (Å²) in [4.78, 5) is 16.7. The average Bonchev–Trinajstić information content (AvgIpc) is 3.52. The smallest absolute Gasteiger partial charge is 0.303 e. The van der Waals surface area contributed by atoms with Crippen molar-refractivity contribution < 1.29 is 13.2 Å². The highest BCUT2D eigenvalue weighted by Crippen LogP contribution is 2.32. The van der Waals surface area contributed by atoms with Crippen molar-refractivity contribution in [2.75, 3.05) is 10.8 Å². The first kappa shape index (κ1) is 29.0. The van der Waals surface area contributed by atoms with E-state index in [1.54, 1.807) is 36.4 Å². The Morgan fingerprint density at radius 1 is 0.837 bits per heavy atom. The fourth-order valence-corrected chi connectivity index (χ4v) is 6.85. The van der Waals surface area contributed by atoms with Crippen LogP contribution in [0.5, 0.6) is 0 Å². The van der Waals surface area contributed by atoms with E-state index in [0.717, 1.165) is 45.3 Å². The second-order valence-electron chi connectivity index (χ2n) is 10.4. The van der Waals surface area contributed by atoms with E-state index in [-0.39, 0.29) is 6.54 Å². The van der Waals surface area contributed by atoms with Gasteiger partial charge in [-0.3, -0.25) is 4.79 Å². The third-order valence-corrected chi connectivity index (χ3v) is 9.32. The normalized spacial score (nSPS) is 14.2. The number of carbonyl (C=O) groups excluding carboxylic acids is 1. The van der Waals surface area contributed by atoms with E-state index in [1.807, 2.05) is 21.6 Å². The van der Waals surface area contributed by atoms with Crippen LogP contribution in [0.15, 0.2) is 97.2 Å². The number of hydrogen-bond acceptors (Lipinski definition) is 4. The third kappa shape index (κ3) is 6.18. The number of anilines is 1. The van der Waals surface area contributed by atoms with Gasteiger partial charge in [-0.05, 0) is 71.1 Å². The molecular formula is C33H28Cl2N4O3S. The Bertz CT molecular complexity index is 1900. The van der Waals surface area contributed by atoms with Gasteiger partial charge in [0.05, 0.1) is 16.4 Å². The Balaban J connectivity index is 1.32. The molecule has 0 saturated carbocycles. The second kappa shape index (κ2) is 11.9. The zero-order chi connectivity index (χ0) is 30.1. The Hall–Kier alpha value is -4.11. The summed E-state index contributed by atoms with van der Waals surface area (Å²) >= 11 is 12.7. The number of halogens is 2. The highest BCUT2D eigenvalue weighted by molar-refractivity contribution is 7.92. The molecule has 0 bridgehead atoms. The van der Waals surface area contributed by atoms with Crippen LogP contribution in [0.25, 0.3) is 28.1 Å². The molecule has 0 radical (unpaired) electrons. The predicted octanol–water partition coefficient (Wildman–Crippen LogP) is 7.24. The number of hydrogen-bond donors (Lipinski definition) is 1. The van der Waals surface area contributed by atoms with Gasteiger partial charge in [-0.15, -0.1) is 0 Å². The molecule has 1 saturated heterocycles. The fraction of sp³-hybridized carbons (Fsp3) is 0.152. The zero-order valence-electron chi connectivity index (χ0n) is 23.3. The molecule has 0 atom stereocenters. The Labute approximate surface area is 260 Å². The molecule has 7 nitrogen and oxygen atoms in total. The quantitative estimate of drug-likeness (QED) is 0.196. The minimum absolute atomic E-state index is 0.254. The van der Waals surface area contributed by atoms with Crippen LogP contribution in [-0.4, -0.2) is 30.4 Å². The summed E-state index contributed by atoms with van der Waals surface area (Å²) in [6.07, 6.45) is 4.65. The maximum atomic E-state index is 12.3. The van der Waals surface area contributed by atoms with Crippen molar-refractivity contribution >= 4 is 45.0 Å². The van der Waals surface area contributed by atoms with E-state index in [2.05, 4.69) is 55.5 Å². The van der Waals surface area contributed by atoms with Crippen molar-refractivity contribution in [2.45, 2.75) is 26.2 Å². The van der Waals surface area contributed by atoms with Gasteiger partial charge in [-0.1, -0.05) is 85.1 Å². The van der Waals surface area contributed by atoms with Gasteiger partial charge in [0.15, 0.2) is 0 Å². The van der Waals surface area contributed by atoms with Gasteiger partial charge in [0.1, 0.15) is 12.4 Å². The summed E-state index contributed by atoms with van der Waals surface area (Å²) in [6.45, 7) is 1.93. The first-order valence-corrected chi connectivity index (χ1v) is 16.1. The van der Waals surface area contributed by atoms with Crippen LogP contribution in [0.4, 0.5) is 5.69 Å². The standard InChI is InChI=1S/C33H28Cl2N4O3S/c1-2-3-22-4-8-24(9-5-22)25-10-6-23(7-11-25)18-32-36-31(29-17-12-26(34)19-30(29)35)20-38(32)27-13-15-28(16-14-27)39-21-33(40)37-43(39,41)42/h4-17,19-20H,2-3,18,21H2,1H3,(H,37,40). The molecule has 43 heavy (non-hydrogen) atoms. The van der Waals surface area contributed by atoms with E-state index < -0.39 is 16.1 Å². The SMILES string of the molecule is CCCc1ccc(-c2ccc(Cc3nc(-c4ccc(Cl)cc4Cl)cn3-c3ccc(N4CC(=O)NS4(=O)=O)cc3)cc2)cc1. The van der Waals surface area contributed by atoms with Crippen molar-refractivity contribution in [1.82, 2.24) is 14.3 Å². The van der Waals surface area contributed by atoms with Crippen molar-refractivity contribution in [1.29, 1.82) is 0 Å². The highest BCUT2D eigenvalue weighted by atomic mass is 35.5. The van der Waals surface area contributed by atoms with E-state index in [1.165, 1.54) is 11.1 Å². The Morgan fingerprint density at radius 3 is 2.05 bits per heavy atom. The van der Waals surface area contributed by atoms with Gasteiger partial charge in [0, 0.05) is 28.9 Å². The minimum Gasteiger partial charge on any atom is -0.303 e. The number of imidazole rings is 1. The largest absolute Gasteiger partial charge is 0.326 e. The number of rotatable bonds is 8. The lowest BCUT2D eigenvalue weighted by molar-refractivity contribution is -0.117. The van der Waals surface area contributed by atoms with Crippen molar-refractivity contribution in [3.8, 4) is 28.1 Å². The number of aryl methyl sites for hydroxylation is 1. The maximum Gasteiger partial charge on any atom is 0.326 e. The molecule has 0 spiro atoms. The van der Waals surface area contributed by atoms with Gasteiger partial charge >= 0.3 is 10.2 Å². The molecule has 218 valence electrons.